The average Bonchev–Trinajstić information content (AvgIpc) is 2.78. The summed E-state index contributed by atoms with van der Waals surface area (Å²) < 4.78 is 0. The van der Waals surface area contributed by atoms with Crippen molar-refractivity contribution in [3.63, 3.8) is 0 Å². The maximum atomic E-state index is 2.68. The molecule has 4 aliphatic rings. The van der Waals surface area contributed by atoms with Gasteiger partial charge in [0.2, 0.25) is 0 Å². The first-order chi connectivity index (χ1) is 8.63. The molecule has 4 unspecified atom stereocenters. The van der Waals surface area contributed by atoms with Gasteiger partial charge >= 0.3 is 0 Å². The van der Waals surface area contributed by atoms with Crippen molar-refractivity contribution in [1.82, 2.24) is 0 Å². The molecule has 0 aromatic rings. The lowest BCUT2D eigenvalue weighted by atomic mass is 9.64. The normalized spacial score (nSPS) is 53.7. The van der Waals surface area contributed by atoms with Crippen molar-refractivity contribution < 1.29 is 0 Å². The minimum atomic E-state index is 0.735. The Hall–Kier alpha value is 0. The first-order valence-electron chi connectivity index (χ1n) is 8.63. The van der Waals surface area contributed by atoms with Crippen molar-refractivity contribution in [2.45, 2.75) is 84.5 Å². The highest BCUT2D eigenvalue weighted by atomic mass is 14.9. The van der Waals surface area contributed by atoms with Gasteiger partial charge in [-0.1, -0.05) is 58.8 Å². The Morgan fingerprint density at radius 3 is 1.67 bits per heavy atom. The summed E-state index contributed by atoms with van der Waals surface area (Å²) in [6, 6.07) is 0. The van der Waals surface area contributed by atoms with Crippen LogP contribution in [0.15, 0.2) is 0 Å². The second-order valence-corrected chi connectivity index (χ2v) is 8.52. The molecule has 0 aliphatic heterocycles. The van der Waals surface area contributed by atoms with E-state index in [-0.39, 0.29) is 0 Å². The van der Waals surface area contributed by atoms with Crippen LogP contribution < -0.4 is 0 Å². The fourth-order valence-electron chi connectivity index (χ4n) is 7.24. The zero-order valence-electron chi connectivity index (χ0n) is 12.4. The molecular formula is C18H30. The zero-order valence-corrected chi connectivity index (χ0v) is 12.4. The summed E-state index contributed by atoms with van der Waals surface area (Å²) in [4.78, 5) is 0. The SMILES string of the molecule is CC12CC3CCCCC3CC1(C)C21CCCCC1. The molecule has 0 radical (unpaired) electrons. The van der Waals surface area contributed by atoms with Crippen LogP contribution in [-0.2, 0) is 0 Å². The Bertz CT molecular complexity index is 323. The molecule has 4 atom stereocenters. The molecule has 4 saturated carbocycles. The van der Waals surface area contributed by atoms with E-state index in [0.29, 0.717) is 0 Å². The van der Waals surface area contributed by atoms with E-state index in [2.05, 4.69) is 13.8 Å². The summed E-state index contributed by atoms with van der Waals surface area (Å²) in [5.41, 5.74) is 2.26. The standard InChI is InChI=1S/C18H30/c1-16-12-14-8-4-5-9-15(14)13-17(16,2)18(16)10-6-3-7-11-18/h14-15H,3-13H2,1-2H3. The van der Waals surface area contributed by atoms with Gasteiger partial charge in [-0.15, -0.1) is 0 Å². The second-order valence-electron chi connectivity index (χ2n) is 8.52. The number of fused-ring (bicyclic) bond motifs is 4. The van der Waals surface area contributed by atoms with Gasteiger partial charge in [0, 0.05) is 0 Å². The van der Waals surface area contributed by atoms with Crippen LogP contribution in [0, 0.1) is 28.1 Å². The monoisotopic (exact) mass is 246 g/mol. The molecule has 4 aliphatic carbocycles. The highest BCUT2D eigenvalue weighted by Crippen LogP contribution is 2.88. The van der Waals surface area contributed by atoms with E-state index in [1.54, 1.807) is 38.5 Å². The summed E-state index contributed by atoms with van der Waals surface area (Å²) in [5, 5.41) is 0. The van der Waals surface area contributed by atoms with Gasteiger partial charge in [-0.25, -0.2) is 0 Å². The van der Waals surface area contributed by atoms with Crippen LogP contribution >= 0.6 is 0 Å². The summed E-state index contributed by atoms with van der Waals surface area (Å²) in [6.07, 6.45) is 17.1. The van der Waals surface area contributed by atoms with Crippen LogP contribution in [0.1, 0.15) is 84.5 Å². The summed E-state index contributed by atoms with van der Waals surface area (Å²) in [7, 11) is 0. The highest BCUT2D eigenvalue weighted by molar-refractivity contribution is 5.29. The van der Waals surface area contributed by atoms with Crippen LogP contribution in [0.3, 0.4) is 0 Å². The molecule has 0 amide bonds. The van der Waals surface area contributed by atoms with Crippen molar-refractivity contribution in [1.29, 1.82) is 0 Å². The van der Waals surface area contributed by atoms with Crippen LogP contribution in [0.2, 0.25) is 0 Å². The third-order valence-electron chi connectivity index (χ3n) is 8.38. The Morgan fingerprint density at radius 1 is 0.667 bits per heavy atom. The zero-order chi connectivity index (χ0) is 12.4. The Morgan fingerprint density at radius 2 is 1.17 bits per heavy atom. The predicted octanol–water partition coefficient (Wildman–Crippen LogP) is 5.56. The fourth-order valence-corrected chi connectivity index (χ4v) is 7.24. The lowest BCUT2D eigenvalue weighted by Crippen LogP contribution is -2.31. The minimum absolute atomic E-state index is 0.735. The summed E-state index contributed by atoms with van der Waals surface area (Å²) >= 11 is 0. The Labute approximate surface area is 113 Å². The molecule has 0 saturated heterocycles. The maximum Gasteiger partial charge on any atom is -0.0179 e. The van der Waals surface area contributed by atoms with Crippen LogP contribution in [0.5, 0.6) is 0 Å². The van der Waals surface area contributed by atoms with Gasteiger partial charge in [0.15, 0.2) is 0 Å². The maximum absolute atomic E-state index is 2.68. The van der Waals surface area contributed by atoms with E-state index < -0.39 is 0 Å². The van der Waals surface area contributed by atoms with Gasteiger partial charge < -0.3 is 0 Å². The van der Waals surface area contributed by atoms with E-state index in [0.717, 1.165) is 28.1 Å². The second kappa shape index (κ2) is 3.55. The van der Waals surface area contributed by atoms with Crippen molar-refractivity contribution in [2.24, 2.45) is 28.1 Å². The third-order valence-corrected chi connectivity index (χ3v) is 8.38. The van der Waals surface area contributed by atoms with Gasteiger partial charge in [0.05, 0.1) is 0 Å². The number of hydrogen-bond donors (Lipinski definition) is 0. The lowest BCUT2D eigenvalue weighted by Gasteiger charge is -2.41. The smallest absolute Gasteiger partial charge is 0.0179 e. The van der Waals surface area contributed by atoms with Crippen molar-refractivity contribution in [3.05, 3.63) is 0 Å². The van der Waals surface area contributed by atoms with E-state index in [9.17, 15) is 0 Å². The molecule has 0 nitrogen and oxygen atoms in total. The molecule has 18 heavy (non-hydrogen) atoms. The Kier molecular flexibility index (Phi) is 2.33. The topological polar surface area (TPSA) is 0 Å². The quantitative estimate of drug-likeness (QED) is 0.524. The van der Waals surface area contributed by atoms with E-state index in [1.165, 1.54) is 32.1 Å². The first kappa shape index (κ1) is 11.8. The number of rotatable bonds is 0. The average molecular weight is 246 g/mol. The van der Waals surface area contributed by atoms with Crippen LogP contribution in [0.25, 0.3) is 0 Å². The number of hydrogen-bond acceptors (Lipinski definition) is 0. The molecule has 0 aromatic heterocycles. The van der Waals surface area contributed by atoms with Gasteiger partial charge in [-0.3, -0.25) is 0 Å². The first-order valence-corrected chi connectivity index (χ1v) is 8.63. The molecule has 0 heteroatoms. The third kappa shape index (κ3) is 1.15. The van der Waals surface area contributed by atoms with E-state index in [1.807, 2.05) is 0 Å². The van der Waals surface area contributed by atoms with Gasteiger partial charge in [-0.05, 0) is 53.8 Å². The fraction of sp³-hybridized carbons (Fsp3) is 1.00. The van der Waals surface area contributed by atoms with E-state index >= 15 is 0 Å². The molecule has 4 fully saturated rings. The molecule has 4 rings (SSSR count). The predicted molar refractivity (Wildman–Crippen MR) is 76.4 cm³/mol. The van der Waals surface area contributed by atoms with Crippen molar-refractivity contribution >= 4 is 0 Å². The molecule has 0 N–H and O–H groups in total. The lowest BCUT2D eigenvalue weighted by molar-refractivity contribution is 0.0942. The van der Waals surface area contributed by atoms with Crippen molar-refractivity contribution in [3.8, 4) is 0 Å². The van der Waals surface area contributed by atoms with Crippen molar-refractivity contribution in [2.75, 3.05) is 0 Å². The highest BCUT2D eigenvalue weighted by Gasteiger charge is 2.81. The molecule has 1 spiro atoms. The van der Waals surface area contributed by atoms with Crippen LogP contribution in [0.4, 0.5) is 0 Å². The van der Waals surface area contributed by atoms with Gasteiger partial charge in [0.25, 0.3) is 0 Å². The molecule has 0 aromatic carbocycles. The van der Waals surface area contributed by atoms with Gasteiger partial charge in [0.1, 0.15) is 0 Å². The molecular weight excluding hydrogens is 216 g/mol. The molecule has 0 heterocycles. The summed E-state index contributed by atoms with van der Waals surface area (Å²) in [5.74, 6) is 2.22. The molecule has 102 valence electrons. The Balaban J connectivity index is 1.65. The van der Waals surface area contributed by atoms with E-state index in [4.69, 9.17) is 0 Å². The van der Waals surface area contributed by atoms with Crippen LogP contribution in [-0.4, -0.2) is 0 Å². The summed E-state index contributed by atoms with van der Waals surface area (Å²) in [6.45, 7) is 5.37. The minimum Gasteiger partial charge on any atom is -0.0585 e. The largest absolute Gasteiger partial charge is 0.0585 e. The van der Waals surface area contributed by atoms with Gasteiger partial charge in [-0.2, -0.15) is 0 Å². The molecule has 0 bridgehead atoms.